The normalized spacial score (nSPS) is 12.0. The Kier molecular flexibility index (Phi) is 2.08. The maximum absolute atomic E-state index is 4.87. The van der Waals surface area contributed by atoms with Gasteiger partial charge in [0.1, 0.15) is 0 Å². The Labute approximate surface area is 65.5 Å². The van der Waals surface area contributed by atoms with Gasteiger partial charge in [0, 0.05) is 0 Å². The summed E-state index contributed by atoms with van der Waals surface area (Å²) in [5, 5.41) is 3.86. The first kappa shape index (κ1) is 8.11. The Morgan fingerprint density at radius 2 is 2.00 bits per heavy atom. The van der Waals surface area contributed by atoms with Gasteiger partial charge in [-0.15, -0.1) is 0 Å². The van der Waals surface area contributed by atoms with E-state index in [1.54, 1.807) is 0 Å². The van der Waals surface area contributed by atoms with Crippen molar-refractivity contribution in [2.75, 3.05) is 0 Å². The molecule has 2 nitrogen and oxygen atoms in total. The summed E-state index contributed by atoms with van der Waals surface area (Å²) in [6, 6.07) is 0. The summed E-state index contributed by atoms with van der Waals surface area (Å²) in [6.45, 7) is 2.01. The first-order valence-corrected chi connectivity index (χ1v) is 13.4. The van der Waals surface area contributed by atoms with Crippen LogP contribution in [0.2, 0.25) is 14.8 Å². The SMILES string of the molecule is Cc1noc[c]1[Sn]([CH3])([CH3])[CH3]. The zero-order valence-corrected chi connectivity index (χ0v) is 9.79. The summed E-state index contributed by atoms with van der Waals surface area (Å²) in [4.78, 5) is 7.07. The molecule has 1 heterocycles. The first-order chi connectivity index (χ1) is 4.52. The standard InChI is InChI=1S/C4H4NO.3CH3.Sn/c1-4-2-3-6-5-4;;;;/h3H,1H3;3*1H3;. The summed E-state index contributed by atoms with van der Waals surface area (Å²) < 4.78 is 6.27. The fourth-order valence-electron chi connectivity index (χ4n) is 1.01. The van der Waals surface area contributed by atoms with Crippen LogP contribution in [0.4, 0.5) is 0 Å². The van der Waals surface area contributed by atoms with E-state index in [9.17, 15) is 0 Å². The second-order valence-electron chi connectivity index (χ2n) is 3.56. The molecule has 0 radical (unpaired) electrons. The van der Waals surface area contributed by atoms with E-state index in [-0.39, 0.29) is 0 Å². The van der Waals surface area contributed by atoms with Crippen LogP contribution < -0.4 is 3.58 Å². The molecule has 0 amide bonds. The second kappa shape index (κ2) is 2.57. The summed E-state index contributed by atoms with van der Waals surface area (Å²) in [5.41, 5.74) is 1.09. The molecule has 0 bridgehead atoms. The Morgan fingerprint density at radius 1 is 1.40 bits per heavy atom. The summed E-state index contributed by atoms with van der Waals surface area (Å²) in [7, 11) is 0. The minimum atomic E-state index is -1.87. The molecule has 0 saturated carbocycles. The predicted octanol–water partition coefficient (Wildman–Crippen LogP) is 1.53. The van der Waals surface area contributed by atoms with Crippen LogP contribution in [0.15, 0.2) is 10.8 Å². The predicted molar refractivity (Wildman–Crippen MR) is 44.2 cm³/mol. The molecule has 3 heteroatoms. The van der Waals surface area contributed by atoms with Gasteiger partial charge in [-0.2, -0.15) is 0 Å². The van der Waals surface area contributed by atoms with E-state index in [4.69, 9.17) is 4.52 Å². The zero-order chi connectivity index (χ0) is 7.78. The van der Waals surface area contributed by atoms with Gasteiger partial charge in [0.15, 0.2) is 0 Å². The number of aromatic nitrogens is 1. The fourth-order valence-corrected chi connectivity index (χ4v) is 5.40. The van der Waals surface area contributed by atoms with Crippen molar-refractivity contribution < 1.29 is 4.52 Å². The maximum atomic E-state index is 4.87. The molecule has 10 heavy (non-hydrogen) atoms. The molecule has 0 unspecified atom stereocenters. The van der Waals surface area contributed by atoms with Crippen LogP contribution in [0.5, 0.6) is 0 Å². The summed E-state index contributed by atoms with van der Waals surface area (Å²) >= 11 is -1.87. The van der Waals surface area contributed by atoms with Gasteiger partial charge in [-0.25, -0.2) is 0 Å². The van der Waals surface area contributed by atoms with Gasteiger partial charge < -0.3 is 0 Å². The number of hydrogen-bond acceptors (Lipinski definition) is 2. The van der Waals surface area contributed by atoms with E-state index < -0.39 is 18.4 Å². The van der Waals surface area contributed by atoms with Gasteiger partial charge in [0.25, 0.3) is 0 Å². The first-order valence-electron chi connectivity index (χ1n) is 3.43. The summed E-state index contributed by atoms with van der Waals surface area (Å²) in [6.07, 6.45) is 1.81. The molecule has 0 atom stereocenters. The number of nitrogens with zero attached hydrogens (tertiary/aromatic N) is 1. The van der Waals surface area contributed by atoms with Crippen molar-refractivity contribution >= 4 is 22.0 Å². The van der Waals surface area contributed by atoms with Crippen LogP contribution in [0.25, 0.3) is 0 Å². The molecular formula is C7H13NOSn. The van der Waals surface area contributed by atoms with Gasteiger partial charge in [-0.3, -0.25) is 0 Å². The number of aryl methyl sites for hydroxylation is 1. The quantitative estimate of drug-likeness (QED) is 0.702. The van der Waals surface area contributed by atoms with E-state index in [0.29, 0.717) is 0 Å². The van der Waals surface area contributed by atoms with Gasteiger partial charge >= 0.3 is 65.3 Å². The molecule has 0 saturated heterocycles. The van der Waals surface area contributed by atoms with Crippen molar-refractivity contribution in [3.8, 4) is 0 Å². The van der Waals surface area contributed by atoms with Crippen LogP contribution in [0.3, 0.4) is 0 Å². The molecule has 56 valence electrons. The Morgan fingerprint density at radius 3 is 2.20 bits per heavy atom. The van der Waals surface area contributed by atoms with Crippen molar-refractivity contribution in [2.24, 2.45) is 0 Å². The van der Waals surface area contributed by atoms with Crippen molar-refractivity contribution in [1.82, 2.24) is 5.16 Å². The van der Waals surface area contributed by atoms with E-state index in [0.717, 1.165) is 5.69 Å². The minimum absolute atomic E-state index is 1.09. The third-order valence-electron chi connectivity index (χ3n) is 1.56. The van der Waals surface area contributed by atoms with Crippen molar-refractivity contribution in [1.29, 1.82) is 0 Å². The van der Waals surface area contributed by atoms with Gasteiger partial charge in [-0.05, 0) is 0 Å². The van der Waals surface area contributed by atoms with Gasteiger partial charge in [0.05, 0.1) is 0 Å². The monoisotopic (exact) mass is 247 g/mol. The van der Waals surface area contributed by atoms with E-state index in [1.165, 1.54) is 3.58 Å². The molecule has 0 aliphatic rings. The molecule has 0 aromatic carbocycles. The van der Waals surface area contributed by atoms with E-state index in [2.05, 4.69) is 20.0 Å². The third-order valence-corrected chi connectivity index (χ3v) is 7.54. The molecule has 0 fully saturated rings. The summed E-state index contributed by atoms with van der Waals surface area (Å²) in [5.74, 6) is 0. The second-order valence-corrected chi connectivity index (χ2v) is 17.9. The molecule has 0 spiro atoms. The van der Waals surface area contributed by atoms with Crippen molar-refractivity contribution in [2.45, 2.75) is 21.7 Å². The molecule has 0 aliphatic carbocycles. The fraction of sp³-hybridized carbons (Fsp3) is 0.571. The van der Waals surface area contributed by atoms with Crippen LogP contribution in [0.1, 0.15) is 5.69 Å². The zero-order valence-electron chi connectivity index (χ0n) is 6.93. The Hall–Kier alpha value is 0.00870. The topological polar surface area (TPSA) is 26.0 Å². The number of hydrogen-bond donors (Lipinski definition) is 0. The average molecular weight is 246 g/mol. The van der Waals surface area contributed by atoms with Crippen molar-refractivity contribution in [3.05, 3.63) is 12.0 Å². The Balaban J connectivity index is 3.05. The molecule has 0 aliphatic heterocycles. The average Bonchev–Trinajstić information content (AvgIpc) is 2.11. The van der Waals surface area contributed by atoms with Gasteiger partial charge in [0.2, 0.25) is 0 Å². The van der Waals surface area contributed by atoms with Crippen LogP contribution in [0, 0.1) is 6.92 Å². The molecule has 0 N–H and O–H groups in total. The van der Waals surface area contributed by atoms with E-state index in [1.807, 2.05) is 13.2 Å². The van der Waals surface area contributed by atoms with Gasteiger partial charge in [-0.1, -0.05) is 0 Å². The molecule has 1 aromatic rings. The van der Waals surface area contributed by atoms with Crippen LogP contribution >= 0.6 is 0 Å². The van der Waals surface area contributed by atoms with Crippen LogP contribution in [-0.4, -0.2) is 23.5 Å². The van der Waals surface area contributed by atoms with E-state index >= 15 is 0 Å². The molecule has 1 rings (SSSR count). The van der Waals surface area contributed by atoms with Crippen molar-refractivity contribution in [3.63, 3.8) is 0 Å². The Bertz CT molecular complexity index is 224. The third kappa shape index (κ3) is 1.54. The molecular weight excluding hydrogens is 233 g/mol. The molecule has 1 aromatic heterocycles. The van der Waals surface area contributed by atoms with Crippen LogP contribution in [-0.2, 0) is 0 Å². The number of rotatable bonds is 1.